The van der Waals surface area contributed by atoms with Crippen molar-refractivity contribution in [3.63, 3.8) is 0 Å². The number of rotatable bonds is 4. The number of nitrogens with one attached hydrogen (secondary N) is 2. The van der Waals surface area contributed by atoms with Gasteiger partial charge < -0.3 is 4.98 Å². The van der Waals surface area contributed by atoms with Gasteiger partial charge in [0.15, 0.2) is 11.6 Å². The summed E-state index contributed by atoms with van der Waals surface area (Å²) < 4.78 is 54.3. The highest BCUT2D eigenvalue weighted by atomic mass is 32.2. The molecular formula is C16H10F2N4O2S. The normalized spacial score (nSPS) is 11.1. The molecule has 0 radical (unpaired) electrons. The fourth-order valence-corrected chi connectivity index (χ4v) is 3.20. The lowest BCUT2D eigenvalue weighted by Gasteiger charge is -2.09. The predicted octanol–water partition coefficient (Wildman–Crippen LogP) is 3.03. The highest BCUT2D eigenvalue weighted by molar-refractivity contribution is 7.92. The summed E-state index contributed by atoms with van der Waals surface area (Å²) in [6, 6.07) is 9.49. The number of sulfonamides is 1. The second-order valence-electron chi connectivity index (χ2n) is 5.00. The zero-order chi connectivity index (χ0) is 18.0. The summed E-state index contributed by atoms with van der Waals surface area (Å²) in [4.78, 5) is 6.62. The molecule has 3 aromatic rings. The van der Waals surface area contributed by atoms with Crippen LogP contribution in [0.2, 0.25) is 0 Å². The molecule has 1 aromatic carbocycles. The Hall–Kier alpha value is -3.25. The van der Waals surface area contributed by atoms with Gasteiger partial charge in [-0.25, -0.2) is 17.2 Å². The van der Waals surface area contributed by atoms with Crippen LogP contribution in [0.15, 0.2) is 53.7 Å². The van der Waals surface area contributed by atoms with Crippen LogP contribution < -0.4 is 4.72 Å². The Kier molecular flexibility index (Phi) is 4.21. The number of aromatic amines is 1. The van der Waals surface area contributed by atoms with Gasteiger partial charge in [-0.05, 0) is 30.3 Å². The number of nitriles is 1. The van der Waals surface area contributed by atoms with Crippen molar-refractivity contribution < 1.29 is 17.2 Å². The first-order valence-electron chi connectivity index (χ1n) is 6.92. The van der Waals surface area contributed by atoms with E-state index >= 15 is 0 Å². The third-order valence-electron chi connectivity index (χ3n) is 3.32. The fraction of sp³-hybridized carbons (Fsp3) is 0. The van der Waals surface area contributed by atoms with Crippen molar-refractivity contribution in [2.45, 2.75) is 4.90 Å². The van der Waals surface area contributed by atoms with E-state index in [1.165, 1.54) is 12.3 Å². The van der Waals surface area contributed by atoms with E-state index in [1.54, 1.807) is 30.5 Å². The van der Waals surface area contributed by atoms with E-state index in [-0.39, 0.29) is 10.5 Å². The summed E-state index contributed by atoms with van der Waals surface area (Å²) >= 11 is 0. The van der Waals surface area contributed by atoms with Gasteiger partial charge in [0, 0.05) is 12.4 Å². The van der Waals surface area contributed by atoms with Gasteiger partial charge in [0.25, 0.3) is 10.0 Å². The van der Waals surface area contributed by atoms with Gasteiger partial charge in [0.05, 0.1) is 23.0 Å². The maximum absolute atomic E-state index is 13.9. The third kappa shape index (κ3) is 3.34. The van der Waals surface area contributed by atoms with Crippen molar-refractivity contribution in [2.75, 3.05) is 4.72 Å². The molecule has 0 amide bonds. The average molecular weight is 360 g/mol. The summed E-state index contributed by atoms with van der Waals surface area (Å²) in [5.74, 6) is -2.36. The topological polar surface area (TPSA) is 98.6 Å². The molecule has 0 aliphatic heterocycles. The first kappa shape index (κ1) is 16.6. The van der Waals surface area contributed by atoms with Crippen LogP contribution in [0.1, 0.15) is 5.56 Å². The Bertz CT molecular complexity index is 1050. The van der Waals surface area contributed by atoms with Crippen molar-refractivity contribution in [3.05, 3.63) is 66.0 Å². The van der Waals surface area contributed by atoms with Crippen LogP contribution in [-0.2, 0) is 10.0 Å². The zero-order valence-electron chi connectivity index (χ0n) is 12.5. The number of aromatic nitrogens is 2. The Morgan fingerprint density at radius 2 is 1.88 bits per heavy atom. The minimum atomic E-state index is -4.24. The molecule has 2 aromatic heterocycles. The molecule has 6 nitrogen and oxygen atoms in total. The molecule has 0 aliphatic rings. The Morgan fingerprint density at radius 1 is 1.16 bits per heavy atom. The van der Waals surface area contributed by atoms with Crippen LogP contribution >= 0.6 is 0 Å². The molecule has 0 saturated heterocycles. The minimum Gasteiger partial charge on any atom is -0.359 e. The van der Waals surface area contributed by atoms with E-state index < -0.39 is 27.3 Å². The van der Waals surface area contributed by atoms with Gasteiger partial charge in [-0.2, -0.15) is 5.26 Å². The Balaban J connectivity index is 1.94. The van der Waals surface area contributed by atoms with Gasteiger partial charge in [-0.1, -0.05) is 6.07 Å². The van der Waals surface area contributed by atoms with E-state index in [0.717, 1.165) is 12.1 Å². The lowest BCUT2D eigenvalue weighted by atomic mass is 10.2. The molecule has 9 heteroatoms. The number of pyridine rings is 1. The number of hydrogen-bond donors (Lipinski definition) is 2. The van der Waals surface area contributed by atoms with Crippen molar-refractivity contribution in [3.8, 4) is 17.5 Å². The van der Waals surface area contributed by atoms with Gasteiger partial charge >= 0.3 is 0 Å². The number of halogens is 2. The molecule has 3 rings (SSSR count). The quantitative estimate of drug-likeness (QED) is 0.747. The van der Waals surface area contributed by atoms with Gasteiger partial charge in [-0.3, -0.25) is 9.71 Å². The standard InChI is InChI=1S/C16H10F2N4O2S/c17-12-5-10(8-19)6-13(18)16(12)22-25(23,24)11-7-15(21-9-11)14-3-1-2-4-20-14/h1-7,9,21-22H. The largest absolute Gasteiger partial charge is 0.359 e. The molecule has 0 bridgehead atoms. The van der Waals surface area contributed by atoms with Crippen molar-refractivity contribution in [2.24, 2.45) is 0 Å². The van der Waals surface area contributed by atoms with Crippen molar-refractivity contribution in [1.82, 2.24) is 9.97 Å². The summed E-state index contributed by atoms with van der Waals surface area (Å²) in [5, 5.41) is 8.67. The summed E-state index contributed by atoms with van der Waals surface area (Å²) in [7, 11) is -4.24. The van der Waals surface area contributed by atoms with Crippen LogP contribution in [-0.4, -0.2) is 18.4 Å². The number of anilines is 1. The van der Waals surface area contributed by atoms with Crippen LogP contribution in [0.4, 0.5) is 14.5 Å². The minimum absolute atomic E-state index is 0.212. The van der Waals surface area contributed by atoms with Crippen LogP contribution in [0.25, 0.3) is 11.4 Å². The second kappa shape index (κ2) is 6.33. The van der Waals surface area contributed by atoms with Crippen molar-refractivity contribution >= 4 is 15.7 Å². The molecule has 0 fully saturated rings. The van der Waals surface area contributed by atoms with Crippen LogP contribution in [0.5, 0.6) is 0 Å². The molecule has 0 unspecified atom stereocenters. The molecule has 25 heavy (non-hydrogen) atoms. The van der Waals surface area contributed by atoms with Crippen LogP contribution in [0.3, 0.4) is 0 Å². The maximum atomic E-state index is 13.9. The maximum Gasteiger partial charge on any atom is 0.263 e. The zero-order valence-corrected chi connectivity index (χ0v) is 13.3. The molecule has 0 aliphatic carbocycles. The van der Waals surface area contributed by atoms with Gasteiger partial charge in [0.2, 0.25) is 0 Å². The lowest BCUT2D eigenvalue weighted by molar-refractivity contribution is 0.582. The summed E-state index contributed by atoms with van der Waals surface area (Å²) in [5.41, 5.74) is -0.155. The molecule has 0 saturated carbocycles. The predicted molar refractivity (Wildman–Crippen MR) is 85.9 cm³/mol. The second-order valence-corrected chi connectivity index (χ2v) is 6.68. The van der Waals surface area contributed by atoms with Crippen LogP contribution in [0, 0.1) is 23.0 Å². The molecule has 2 N–H and O–H groups in total. The monoisotopic (exact) mass is 360 g/mol. The van der Waals surface area contributed by atoms with E-state index in [2.05, 4.69) is 9.97 Å². The number of nitrogens with zero attached hydrogens (tertiary/aromatic N) is 2. The van der Waals surface area contributed by atoms with E-state index in [0.29, 0.717) is 11.4 Å². The molecule has 0 atom stereocenters. The first-order chi connectivity index (χ1) is 11.9. The highest BCUT2D eigenvalue weighted by Crippen LogP contribution is 2.25. The van der Waals surface area contributed by atoms with E-state index in [4.69, 9.17) is 5.26 Å². The number of hydrogen-bond acceptors (Lipinski definition) is 4. The first-order valence-corrected chi connectivity index (χ1v) is 8.41. The number of H-pyrrole nitrogens is 1. The Labute approximate surface area is 141 Å². The van der Waals surface area contributed by atoms with Crippen molar-refractivity contribution in [1.29, 1.82) is 5.26 Å². The molecular weight excluding hydrogens is 350 g/mol. The van der Waals surface area contributed by atoms with E-state index in [1.807, 2.05) is 4.72 Å². The fourth-order valence-electron chi connectivity index (χ4n) is 2.13. The Morgan fingerprint density at radius 3 is 2.48 bits per heavy atom. The molecule has 2 heterocycles. The lowest BCUT2D eigenvalue weighted by Crippen LogP contribution is -2.14. The average Bonchev–Trinajstić information content (AvgIpc) is 3.10. The summed E-state index contributed by atoms with van der Waals surface area (Å²) in [6.45, 7) is 0. The third-order valence-corrected chi connectivity index (χ3v) is 4.64. The highest BCUT2D eigenvalue weighted by Gasteiger charge is 2.21. The smallest absolute Gasteiger partial charge is 0.263 e. The SMILES string of the molecule is N#Cc1cc(F)c(NS(=O)(=O)c2c[nH]c(-c3ccccn3)c2)c(F)c1. The number of benzene rings is 1. The van der Waals surface area contributed by atoms with Gasteiger partial charge in [-0.15, -0.1) is 0 Å². The molecule has 0 spiro atoms. The molecule has 126 valence electrons. The summed E-state index contributed by atoms with van der Waals surface area (Å²) in [6.07, 6.45) is 2.73. The van der Waals surface area contributed by atoms with E-state index in [9.17, 15) is 17.2 Å². The van der Waals surface area contributed by atoms with Gasteiger partial charge in [0.1, 0.15) is 10.6 Å².